The predicted molar refractivity (Wildman–Crippen MR) is 103 cm³/mol. The van der Waals surface area contributed by atoms with Gasteiger partial charge in [0.1, 0.15) is 5.56 Å². The number of nitrogens with zero attached hydrogens (tertiary/aromatic N) is 2. The minimum absolute atomic E-state index is 0.00695. The minimum atomic E-state index is -0.576. The first kappa shape index (κ1) is 19.7. The van der Waals surface area contributed by atoms with Crippen LogP contribution in [-0.4, -0.2) is 29.9 Å². The van der Waals surface area contributed by atoms with Crippen molar-refractivity contribution in [2.75, 3.05) is 7.11 Å². The van der Waals surface area contributed by atoms with Crippen LogP contribution in [0.15, 0.2) is 44.8 Å². The fourth-order valence-electron chi connectivity index (χ4n) is 2.16. The summed E-state index contributed by atoms with van der Waals surface area (Å²) in [7, 11) is 3.12. The minimum Gasteiger partial charge on any atom is -0.493 e. The number of benzene rings is 1. The van der Waals surface area contributed by atoms with Crippen molar-refractivity contribution in [2.45, 2.75) is 20.0 Å². The van der Waals surface area contributed by atoms with Crippen LogP contribution in [0, 0.1) is 0 Å². The van der Waals surface area contributed by atoms with Crippen molar-refractivity contribution in [1.82, 2.24) is 9.99 Å². The normalized spacial score (nSPS) is 11.0. The van der Waals surface area contributed by atoms with Gasteiger partial charge in [-0.2, -0.15) is 5.10 Å². The first-order valence-electron chi connectivity index (χ1n) is 7.86. The maximum Gasteiger partial charge on any atom is 0.276 e. The highest BCUT2D eigenvalue weighted by Gasteiger charge is 2.13. The lowest BCUT2D eigenvalue weighted by molar-refractivity contribution is 0.0953. The topological polar surface area (TPSA) is 81.9 Å². The number of rotatable bonds is 6. The van der Waals surface area contributed by atoms with Crippen LogP contribution < -0.4 is 20.5 Å². The third kappa shape index (κ3) is 4.72. The second-order valence-electron chi connectivity index (χ2n) is 5.74. The second-order valence-corrected chi connectivity index (χ2v) is 6.59. The van der Waals surface area contributed by atoms with Crippen molar-refractivity contribution < 1.29 is 14.3 Å². The van der Waals surface area contributed by atoms with E-state index in [4.69, 9.17) is 9.47 Å². The maximum atomic E-state index is 12.1. The highest BCUT2D eigenvalue weighted by molar-refractivity contribution is 9.10. The van der Waals surface area contributed by atoms with Crippen LogP contribution in [-0.2, 0) is 7.05 Å². The Morgan fingerprint density at radius 2 is 2.12 bits per heavy atom. The molecule has 0 spiro atoms. The van der Waals surface area contributed by atoms with E-state index in [-0.39, 0.29) is 17.2 Å². The number of hydrazone groups is 1. The summed E-state index contributed by atoms with van der Waals surface area (Å²) in [5.41, 5.74) is 2.67. The molecule has 1 aromatic heterocycles. The molecule has 8 heteroatoms. The van der Waals surface area contributed by atoms with Crippen LogP contribution in [0.2, 0.25) is 0 Å². The van der Waals surface area contributed by atoms with E-state index in [2.05, 4.69) is 26.5 Å². The average molecular weight is 422 g/mol. The summed E-state index contributed by atoms with van der Waals surface area (Å²) in [5.74, 6) is 0.558. The molecule has 0 bridgehead atoms. The lowest BCUT2D eigenvalue weighted by Gasteiger charge is -2.15. The lowest BCUT2D eigenvalue weighted by Crippen LogP contribution is -2.29. The van der Waals surface area contributed by atoms with Crippen molar-refractivity contribution in [3.05, 3.63) is 56.4 Å². The van der Waals surface area contributed by atoms with Gasteiger partial charge in [-0.15, -0.1) is 0 Å². The standard InChI is InChI=1S/C18H20BrN3O4/c1-11(2)26-16-14(19)8-12(9-15(16)25-4)10-20-21-17(23)13-6-5-7-22(3)18(13)24/h5-11H,1-4H3,(H,21,23)/b20-10-. The summed E-state index contributed by atoms with van der Waals surface area (Å²) >= 11 is 3.44. The Morgan fingerprint density at radius 3 is 2.77 bits per heavy atom. The number of methoxy groups -OCH3 is 1. The van der Waals surface area contributed by atoms with Crippen LogP contribution in [0.25, 0.3) is 0 Å². The van der Waals surface area contributed by atoms with Gasteiger partial charge < -0.3 is 14.0 Å². The van der Waals surface area contributed by atoms with Crippen LogP contribution >= 0.6 is 15.9 Å². The molecule has 0 saturated heterocycles. The lowest BCUT2D eigenvalue weighted by atomic mass is 10.2. The number of pyridine rings is 1. The van der Waals surface area contributed by atoms with Crippen molar-refractivity contribution in [3.8, 4) is 11.5 Å². The Bertz CT molecular complexity index is 890. The number of hydrogen-bond donors (Lipinski definition) is 1. The molecule has 0 aliphatic heterocycles. The fraction of sp³-hybridized carbons (Fsp3) is 0.278. The number of carbonyl (C=O) groups excluding carboxylic acids is 1. The van der Waals surface area contributed by atoms with Crippen LogP contribution in [0.5, 0.6) is 11.5 Å². The molecule has 0 fully saturated rings. The molecule has 1 N–H and O–H groups in total. The first-order valence-corrected chi connectivity index (χ1v) is 8.66. The van der Waals surface area contributed by atoms with Gasteiger partial charge >= 0.3 is 0 Å². The van der Waals surface area contributed by atoms with Gasteiger partial charge in [-0.25, -0.2) is 5.43 Å². The Kier molecular flexibility index (Phi) is 6.57. The van der Waals surface area contributed by atoms with E-state index in [0.717, 1.165) is 0 Å². The molecule has 0 atom stereocenters. The molecule has 0 radical (unpaired) electrons. The van der Waals surface area contributed by atoms with Gasteiger partial charge in [0, 0.05) is 13.2 Å². The highest BCUT2D eigenvalue weighted by Crippen LogP contribution is 2.36. The smallest absolute Gasteiger partial charge is 0.276 e. The fourth-order valence-corrected chi connectivity index (χ4v) is 2.71. The van der Waals surface area contributed by atoms with E-state index in [1.165, 1.54) is 16.8 Å². The van der Waals surface area contributed by atoms with E-state index in [0.29, 0.717) is 21.5 Å². The predicted octanol–water partition coefficient (Wildman–Crippen LogP) is 2.71. The zero-order valence-corrected chi connectivity index (χ0v) is 16.5. The van der Waals surface area contributed by atoms with Crippen LogP contribution in [0.3, 0.4) is 0 Å². The summed E-state index contributed by atoms with van der Waals surface area (Å²) in [6, 6.07) is 6.59. The van der Waals surface area contributed by atoms with E-state index in [9.17, 15) is 9.59 Å². The van der Waals surface area contributed by atoms with Crippen molar-refractivity contribution in [2.24, 2.45) is 12.1 Å². The van der Waals surface area contributed by atoms with Crippen molar-refractivity contribution in [1.29, 1.82) is 0 Å². The summed E-state index contributed by atoms with van der Waals surface area (Å²) < 4.78 is 13.1. The largest absolute Gasteiger partial charge is 0.493 e. The molecule has 7 nitrogen and oxygen atoms in total. The number of halogens is 1. The van der Waals surface area contributed by atoms with Crippen molar-refractivity contribution in [3.63, 3.8) is 0 Å². The molecule has 1 aromatic carbocycles. The number of hydrogen-bond acceptors (Lipinski definition) is 5. The van der Waals surface area contributed by atoms with Gasteiger partial charge in [-0.1, -0.05) is 0 Å². The quantitative estimate of drug-likeness (QED) is 0.574. The summed E-state index contributed by atoms with van der Waals surface area (Å²) in [4.78, 5) is 24.0. The molecule has 0 aliphatic rings. The molecule has 1 amide bonds. The van der Waals surface area contributed by atoms with Crippen LogP contribution in [0.4, 0.5) is 0 Å². The van der Waals surface area contributed by atoms with Gasteiger partial charge in [0.25, 0.3) is 11.5 Å². The van der Waals surface area contributed by atoms with E-state index in [1.54, 1.807) is 38.6 Å². The average Bonchev–Trinajstić information content (AvgIpc) is 2.59. The first-order chi connectivity index (χ1) is 12.3. The van der Waals surface area contributed by atoms with Gasteiger partial charge in [0.15, 0.2) is 11.5 Å². The molecule has 2 rings (SSSR count). The number of amides is 1. The zero-order valence-electron chi connectivity index (χ0n) is 14.9. The number of ether oxygens (including phenoxy) is 2. The van der Waals surface area contributed by atoms with Crippen molar-refractivity contribution >= 4 is 28.1 Å². The SMILES string of the molecule is COc1cc(/C=N\NC(=O)c2cccn(C)c2=O)cc(Br)c1OC(C)C. The second kappa shape index (κ2) is 8.66. The number of aromatic nitrogens is 1. The molecular weight excluding hydrogens is 402 g/mol. The Hall–Kier alpha value is -2.61. The maximum absolute atomic E-state index is 12.1. The van der Waals surface area contributed by atoms with Gasteiger partial charge in [0.2, 0.25) is 0 Å². The van der Waals surface area contributed by atoms with E-state index >= 15 is 0 Å². The number of aryl methyl sites for hydroxylation is 1. The molecular formula is C18H20BrN3O4. The molecule has 138 valence electrons. The zero-order chi connectivity index (χ0) is 19.3. The molecule has 0 aliphatic carbocycles. The molecule has 2 aromatic rings. The van der Waals surface area contributed by atoms with Gasteiger partial charge in [-0.05, 0) is 59.6 Å². The molecule has 1 heterocycles. The molecule has 26 heavy (non-hydrogen) atoms. The van der Waals surface area contributed by atoms with Gasteiger partial charge in [0.05, 0.1) is 23.9 Å². The van der Waals surface area contributed by atoms with E-state index in [1.807, 2.05) is 13.8 Å². The summed E-state index contributed by atoms with van der Waals surface area (Å²) in [5, 5.41) is 3.91. The third-order valence-electron chi connectivity index (χ3n) is 3.35. The number of carbonyl (C=O) groups is 1. The number of nitrogens with one attached hydrogen (secondary N) is 1. The molecule has 0 saturated carbocycles. The highest BCUT2D eigenvalue weighted by atomic mass is 79.9. The Morgan fingerprint density at radius 1 is 1.38 bits per heavy atom. The summed E-state index contributed by atoms with van der Waals surface area (Å²) in [6.45, 7) is 3.84. The third-order valence-corrected chi connectivity index (χ3v) is 3.94. The summed E-state index contributed by atoms with van der Waals surface area (Å²) in [6.07, 6.45) is 3.03. The Balaban J connectivity index is 2.18. The Labute approximate surface area is 159 Å². The van der Waals surface area contributed by atoms with E-state index < -0.39 is 5.91 Å². The monoisotopic (exact) mass is 421 g/mol. The van der Waals surface area contributed by atoms with Gasteiger partial charge in [-0.3, -0.25) is 9.59 Å². The van der Waals surface area contributed by atoms with Crippen LogP contribution in [0.1, 0.15) is 29.8 Å². The molecule has 0 unspecified atom stereocenters.